The number of carbonyl (C=O) groups excluding carboxylic acids is 1. The molecule has 0 aliphatic heterocycles. The molecule has 1 unspecified atom stereocenters. The zero-order chi connectivity index (χ0) is 16.2. The smallest absolute Gasteiger partial charge is 0.254 e. The van der Waals surface area contributed by atoms with Gasteiger partial charge in [-0.25, -0.2) is 4.98 Å². The molecule has 0 saturated heterocycles. The van der Waals surface area contributed by atoms with Gasteiger partial charge in [0.1, 0.15) is 5.82 Å². The summed E-state index contributed by atoms with van der Waals surface area (Å²) >= 11 is 0. The Morgan fingerprint density at radius 2 is 2.26 bits per heavy atom. The maximum atomic E-state index is 11.9. The number of aliphatic hydroxyl groups is 1. The maximum Gasteiger partial charge on any atom is 0.254 e. The zero-order valence-corrected chi connectivity index (χ0v) is 13.0. The van der Waals surface area contributed by atoms with Gasteiger partial charge in [0.05, 0.1) is 17.7 Å². The van der Waals surface area contributed by atoms with Gasteiger partial charge < -0.3 is 15.7 Å². The van der Waals surface area contributed by atoms with Crippen molar-refractivity contribution in [2.75, 3.05) is 12.4 Å². The molecular weight excluding hydrogens is 294 g/mol. The van der Waals surface area contributed by atoms with Crippen molar-refractivity contribution in [3.8, 4) is 0 Å². The van der Waals surface area contributed by atoms with E-state index in [1.54, 1.807) is 31.6 Å². The first kappa shape index (κ1) is 15.5. The lowest BCUT2D eigenvalue weighted by Gasteiger charge is -2.18. The van der Waals surface area contributed by atoms with Crippen molar-refractivity contribution in [1.29, 1.82) is 0 Å². The zero-order valence-electron chi connectivity index (χ0n) is 13.0. The van der Waals surface area contributed by atoms with Crippen LogP contribution in [-0.4, -0.2) is 45.0 Å². The summed E-state index contributed by atoms with van der Waals surface area (Å²) in [5.74, 6) is 0.659. The van der Waals surface area contributed by atoms with Crippen molar-refractivity contribution in [2.45, 2.75) is 31.5 Å². The minimum atomic E-state index is -0.463. The Morgan fingerprint density at radius 3 is 3.00 bits per heavy atom. The number of anilines is 1. The highest BCUT2D eigenvalue weighted by atomic mass is 16.3. The number of aromatic nitrogens is 3. The van der Waals surface area contributed by atoms with Gasteiger partial charge in [-0.3, -0.25) is 9.48 Å². The van der Waals surface area contributed by atoms with Gasteiger partial charge >= 0.3 is 0 Å². The summed E-state index contributed by atoms with van der Waals surface area (Å²) in [5, 5.41) is 20.4. The molecule has 0 spiro atoms. The van der Waals surface area contributed by atoms with Crippen molar-refractivity contribution >= 4 is 11.7 Å². The molecule has 1 aliphatic carbocycles. The number of rotatable bonds is 5. The second-order valence-electron chi connectivity index (χ2n) is 5.86. The van der Waals surface area contributed by atoms with Crippen LogP contribution in [0, 0.1) is 5.92 Å². The Morgan fingerprint density at radius 1 is 1.39 bits per heavy atom. The minimum absolute atomic E-state index is 0.117. The first-order valence-corrected chi connectivity index (χ1v) is 7.76. The van der Waals surface area contributed by atoms with Crippen molar-refractivity contribution < 1.29 is 9.90 Å². The molecule has 0 radical (unpaired) electrons. The molecular formula is C16H21N5O2. The number of aliphatic hydroxyl groups excluding tert-OH is 1. The van der Waals surface area contributed by atoms with E-state index in [0.717, 1.165) is 13.0 Å². The van der Waals surface area contributed by atoms with Crippen LogP contribution in [0.5, 0.6) is 0 Å². The molecule has 2 aromatic rings. The molecule has 0 bridgehead atoms. The first-order chi connectivity index (χ1) is 11.2. The number of hydrogen-bond acceptors (Lipinski definition) is 5. The van der Waals surface area contributed by atoms with E-state index < -0.39 is 6.10 Å². The van der Waals surface area contributed by atoms with Crippen LogP contribution in [0.3, 0.4) is 0 Å². The Labute approximate surface area is 134 Å². The Kier molecular flexibility index (Phi) is 4.57. The fourth-order valence-electron chi connectivity index (χ4n) is 3.11. The van der Waals surface area contributed by atoms with E-state index in [1.807, 2.05) is 16.9 Å². The summed E-state index contributed by atoms with van der Waals surface area (Å²) in [6.45, 7) is 0.784. The van der Waals surface area contributed by atoms with Gasteiger partial charge in [0.2, 0.25) is 0 Å². The van der Waals surface area contributed by atoms with E-state index in [0.29, 0.717) is 23.7 Å². The SMILES string of the molecule is CNC(=O)c1cccnc1N[C@@H]1CC(Cn2cccn2)C[C@H]1O. The number of hydrogen-bond donors (Lipinski definition) is 3. The summed E-state index contributed by atoms with van der Waals surface area (Å²) in [5.41, 5.74) is 0.484. The van der Waals surface area contributed by atoms with Gasteiger partial charge in [0, 0.05) is 32.2 Å². The number of pyridine rings is 1. The molecule has 2 aromatic heterocycles. The number of carbonyl (C=O) groups is 1. The van der Waals surface area contributed by atoms with Gasteiger partial charge in [0.15, 0.2) is 0 Å². The minimum Gasteiger partial charge on any atom is -0.391 e. The molecule has 2 heterocycles. The number of amides is 1. The third-order valence-corrected chi connectivity index (χ3v) is 4.23. The quantitative estimate of drug-likeness (QED) is 0.762. The molecule has 7 nitrogen and oxygen atoms in total. The molecule has 0 aromatic carbocycles. The second-order valence-corrected chi connectivity index (χ2v) is 5.86. The Bertz CT molecular complexity index is 658. The van der Waals surface area contributed by atoms with E-state index in [1.165, 1.54) is 0 Å². The molecule has 3 rings (SSSR count). The first-order valence-electron chi connectivity index (χ1n) is 7.76. The highest BCUT2D eigenvalue weighted by Gasteiger charge is 2.34. The van der Waals surface area contributed by atoms with Crippen molar-refractivity contribution in [3.63, 3.8) is 0 Å². The van der Waals surface area contributed by atoms with Gasteiger partial charge in [0.25, 0.3) is 5.91 Å². The lowest BCUT2D eigenvalue weighted by atomic mass is 10.1. The molecule has 122 valence electrons. The standard InChI is InChI=1S/C16H21N5O2/c1-17-16(23)12-4-2-5-18-15(12)20-13-8-11(9-14(13)22)10-21-7-3-6-19-21/h2-7,11,13-14,22H,8-10H2,1H3,(H,17,23)(H,18,20)/t11?,13-,14-/m1/s1. The lowest BCUT2D eigenvalue weighted by molar-refractivity contribution is 0.0963. The summed E-state index contributed by atoms with van der Waals surface area (Å²) in [7, 11) is 1.59. The van der Waals surface area contributed by atoms with Crippen LogP contribution >= 0.6 is 0 Å². The predicted molar refractivity (Wildman–Crippen MR) is 86.0 cm³/mol. The fourth-order valence-corrected chi connectivity index (χ4v) is 3.11. The average molecular weight is 315 g/mol. The van der Waals surface area contributed by atoms with Crippen LogP contribution in [0.1, 0.15) is 23.2 Å². The van der Waals surface area contributed by atoms with E-state index in [2.05, 4.69) is 20.7 Å². The molecule has 3 N–H and O–H groups in total. The molecule has 23 heavy (non-hydrogen) atoms. The highest BCUT2D eigenvalue weighted by molar-refractivity contribution is 5.98. The van der Waals surface area contributed by atoms with Gasteiger partial charge in [-0.05, 0) is 37.0 Å². The molecule has 1 amide bonds. The molecule has 7 heteroatoms. The molecule has 3 atom stereocenters. The summed E-state index contributed by atoms with van der Waals surface area (Å²) in [6, 6.07) is 5.22. The Hall–Kier alpha value is -2.41. The van der Waals surface area contributed by atoms with Crippen molar-refractivity contribution in [3.05, 3.63) is 42.4 Å². The lowest BCUT2D eigenvalue weighted by Crippen LogP contribution is -2.30. The van der Waals surface area contributed by atoms with E-state index in [9.17, 15) is 9.90 Å². The third kappa shape index (κ3) is 3.50. The van der Waals surface area contributed by atoms with Crippen LogP contribution in [0.25, 0.3) is 0 Å². The normalized spacial score (nSPS) is 23.7. The largest absolute Gasteiger partial charge is 0.391 e. The van der Waals surface area contributed by atoms with E-state index in [-0.39, 0.29) is 11.9 Å². The molecule has 1 aliphatic rings. The van der Waals surface area contributed by atoms with E-state index in [4.69, 9.17) is 0 Å². The average Bonchev–Trinajstić information content (AvgIpc) is 3.18. The number of nitrogens with one attached hydrogen (secondary N) is 2. The van der Waals surface area contributed by atoms with Crippen LogP contribution in [0.15, 0.2) is 36.8 Å². The van der Waals surface area contributed by atoms with Crippen molar-refractivity contribution in [2.24, 2.45) is 5.92 Å². The summed E-state index contributed by atoms with van der Waals surface area (Å²) in [6.07, 6.45) is 6.37. The van der Waals surface area contributed by atoms with Gasteiger partial charge in [-0.2, -0.15) is 5.10 Å². The third-order valence-electron chi connectivity index (χ3n) is 4.23. The predicted octanol–water partition coefficient (Wildman–Crippen LogP) is 0.889. The summed E-state index contributed by atoms with van der Waals surface area (Å²) < 4.78 is 1.89. The van der Waals surface area contributed by atoms with Crippen LogP contribution in [0.4, 0.5) is 5.82 Å². The number of nitrogens with zero attached hydrogens (tertiary/aromatic N) is 3. The van der Waals surface area contributed by atoms with Crippen LogP contribution in [0.2, 0.25) is 0 Å². The highest BCUT2D eigenvalue weighted by Crippen LogP contribution is 2.30. The van der Waals surface area contributed by atoms with Crippen molar-refractivity contribution in [1.82, 2.24) is 20.1 Å². The second kappa shape index (κ2) is 6.78. The fraction of sp³-hybridized carbons (Fsp3) is 0.438. The summed E-state index contributed by atoms with van der Waals surface area (Å²) in [4.78, 5) is 16.1. The Balaban J connectivity index is 1.68. The maximum absolute atomic E-state index is 11.9. The van der Waals surface area contributed by atoms with Gasteiger partial charge in [-0.15, -0.1) is 0 Å². The molecule has 1 fully saturated rings. The van der Waals surface area contributed by atoms with Crippen LogP contribution < -0.4 is 10.6 Å². The monoisotopic (exact) mass is 315 g/mol. The van der Waals surface area contributed by atoms with Gasteiger partial charge in [-0.1, -0.05) is 0 Å². The topological polar surface area (TPSA) is 92.1 Å². The van der Waals surface area contributed by atoms with Crippen LogP contribution in [-0.2, 0) is 6.54 Å². The van der Waals surface area contributed by atoms with E-state index >= 15 is 0 Å². The molecule has 1 saturated carbocycles.